The Hall–Kier alpha value is -1.30. The maximum Gasteiger partial charge on any atom is 0.286 e. The summed E-state index contributed by atoms with van der Waals surface area (Å²) >= 11 is 0. The highest BCUT2D eigenvalue weighted by Crippen LogP contribution is 2.23. The minimum absolute atomic E-state index is 0.0355. The van der Waals surface area contributed by atoms with Crippen LogP contribution in [0.4, 0.5) is 0 Å². The molecule has 1 aliphatic heterocycles. The van der Waals surface area contributed by atoms with Crippen LogP contribution in [0.1, 0.15) is 26.7 Å². The Balaban J connectivity index is 2.32. The molecule has 0 saturated carbocycles. The maximum absolute atomic E-state index is 7.37. The zero-order valence-electron chi connectivity index (χ0n) is 9.77. The number of ether oxygens (including phenoxy) is 1. The minimum atomic E-state index is -0.0355. The lowest BCUT2D eigenvalue weighted by atomic mass is 9.92. The van der Waals surface area contributed by atoms with Gasteiger partial charge in [-0.3, -0.25) is 10.4 Å². The van der Waals surface area contributed by atoms with Gasteiger partial charge in [-0.2, -0.15) is 0 Å². The number of nitrogens with one attached hydrogen (secondary N) is 1. The van der Waals surface area contributed by atoms with Crippen molar-refractivity contribution in [2.24, 2.45) is 0 Å². The topological polar surface area (TPSA) is 67.4 Å². The predicted octanol–water partition coefficient (Wildman–Crippen LogP) is -0.469. The molecule has 0 atom stereocenters. The first-order chi connectivity index (χ1) is 7.72. The van der Waals surface area contributed by atoms with E-state index in [2.05, 4.69) is 24.1 Å². The summed E-state index contributed by atoms with van der Waals surface area (Å²) in [5.74, 6) is 0. The van der Waals surface area contributed by atoms with Crippen molar-refractivity contribution in [1.29, 1.82) is 5.41 Å². The Bertz CT molecular complexity index is 394. The van der Waals surface area contributed by atoms with Crippen molar-refractivity contribution in [1.82, 2.24) is 5.27 Å². The van der Waals surface area contributed by atoms with Crippen LogP contribution < -0.4 is 20.6 Å². The third-order valence-electron chi connectivity index (χ3n) is 3.38. The van der Waals surface area contributed by atoms with Gasteiger partial charge in [0, 0.05) is 12.1 Å². The van der Waals surface area contributed by atoms with Gasteiger partial charge in [-0.25, -0.2) is 0 Å². The predicted molar refractivity (Wildman–Crippen MR) is 55.3 cm³/mol. The van der Waals surface area contributed by atoms with E-state index in [9.17, 15) is 0 Å². The first-order valence-corrected chi connectivity index (χ1v) is 5.68. The Kier molecular flexibility index (Phi) is 3.00. The normalized spacial score (nSPS) is 20.0. The lowest BCUT2D eigenvalue weighted by Crippen LogP contribution is -2.74. The fraction of sp³-hybridized carbons (Fsp3) is 0.800. The Morgan fingerprint density at radius 3 is 2.88 bits per heavy atom. The summed E-state index contributed by atoms with van der Waals surface area (Å²) in [6.07, 6.45) is 3.55. The van der Waals surface area contributed by atoms with E-state index in [4.69, 9.17) is 14.7 Å². The van der Waals surface area contributed by atoms with Crippen LogP contribution in [-0.4, -0.2) is 25.3 Å². The van der Waals surface area contributed by atoms with Crippen LogP contribution in [0.25, 0.3) is 0 Å². The maximum atomic E-state index is 7.37. The van der Waals surface area contributed by atoms with Gasteiger partial charge in [0.05, 0.1) is 13.2 Å². The molecule has 1 aromatic rings. The molecule has 0 amide bonds. The van der Waals surface area contributed by atoms with E-state index < -0.39 is 0 Å². The molecule has 0 radical (unpaired) electrons. The fourth-order valence-corrected chi connectivity index (χ4v) is 2.22. The van der Waals surface area contributed by atoms with E-state index in [1.807, 2.05) is 0 Å². The third kappa shape index (κ3) is 1.73. The van der Waals surface area contributed by atoms with Gasteiger partial charge in [-0.1, -0.05) is 18.6 Å². The number of nitrogens with zero attached hydrogens (tertiary/aromatic N) is 3. The molecular weight excluding hydrogens is 208 g/mol. The van der Waals surface area contributed by atoms with Gasteiger partial charge in [-0.05, 0) is 18.1 Å². The molecule has 1 aromatic heterocycles. The van der Waals surface area contributed by atoms with Gasteiger partial charge in [0.2, 0.25) is 0 Å². The largest absolute Gasteiger partial charge is 0.381 e. The van der Waals surface area contributed by atoms with Gasteiger partial charge >= 0.3 is 0 Å². The first kappa shape index (κ1) is 11.2. The number of morpholine rings is 1. The molecule has 1 saturated heterocycles. The van der Waals surface area contributed by atoms with Gasteiger partial charge < -0.3 is 9.26 Å². The van der Waals surface area contributed by atoms with E-state index in [-0.39, 0.29) is 11.1 Å². The Morgan fingerprint density at radius 2 is 2.31 bits per heavy atom. The van der Waals surface area contributed by atoms with E-state index in [0.717, 1.165) is 19.4 Å². The summed E-state index contributed by atoms with van der Waals surface area (Å²) in [5, 5.41) is 13.4. The van der Waals surface area contributed by atoms with Crippen LogP contribution in [0.2, 0.25) is 0 Å². The van der Waals surface area contributed by atoms with Crippen LogP contribution in [0.15, 0.2) is 10.7 Å². The average molecular weight is 226 g/mol. The molecule has 0 spiro atoms. The molecule has 1 aliphatic rings. The summed E-state index contributed by atoms with van der Waals surface area (Å²) in [5.41, 5.74) is 0.0410. The number of aromatic nitrogens is 2. The number of rotatable bonds is 3. The zero-order chi connectivity index (χ0) is 11.6. The van der Waals surface area contributed by atoms with E-state index in [1.165, 1.54) is 0 Å². The van der Waals surface area contributed by atoms with Gasteiger partial charge in [0.15, 0.2) is 0 Å². The lowest BCUT2D eigenvalue weighted by molar-refractivity contribution is -0.773. The summed E-state index contributed by atoms with van der Waals surface area (Å²) in [6.45, 7) is 6.46. The summed E-state index contributed by atoms with van der Waals surface area (Å²) in [6, 6.07) is 0. The minimum Gasteiger partial charge on any atom is -0.381 e. The molecule has 2 rings (SSSR count). The van der Waals surface area contributed by atoms with E-state index >= 15 is 0 Å². The SMILES string of the molecule is CCC1(CC)COCCN1[n+]1cc(=N)o[n-]1. The first-order valence-electron chi connectivity index (χ1n) is 5.68. The van der Waals surface area contributed by atoms with Crippen LogP contribution in [0, 0.1) is 5.41 Å². The molecule has 0 unspecified atom stereocenters. The van der Waals surface area contributed by atoms with Crippen LogP contribution in [0.3, 0.4) is 0 Å². The van der Waals surface area contributed by atoms with Crippen molar-refractivity contribution >= 4 is 0 Å². The second kappa shape index (κ2) is 4.29. The molecule has 6 heteroatoms. The van der Waals surface area contributed by atoms with Crippen LogP contribution in [0.5, 0.6) is 0 Å². The monoisotopic (exact) mass is 226 g/mol. The molecule has 16 heavy (non-hydrogen) atoms. The van der Waals surface area contributed by atoms with Crippen LogP contribution in [-0.2, 0) is 4.74 Å². The van der Waals surface area contributed by atoms with Crippen molar-refractivity contribution in [2.75, 3.05) is 24.8 Å². The van der Waals surface area contributed by atoms with Gasteiger partial charge in [0.1, 0.15) is 0 Å². The summed E-state index contributed by atoms with van der Waals surface area (Å²) in [4.78, 5) is 1.64. The molecule has 0 aliphatic carbocycles. The molecule has 1 fully saturated rings. The molecule has 1 N–H and O–H groups in total. The fourth-order valence-electron chi connectivity index (χ4n) is 2.22. The second-order valence-corrected chi connectivity index (χ2v) is 4.09. The highest BCUT2D eigenvalue weighted by atomic mass is 16.5. The van der Waals surface area contributed by atoms with Crippen molar-refractivity contribution in [3.05, 3.63) is 11.8 Å². The smallest absolute Gasteiger partial charge is 0.286 e. The second-order valence-electron chi connectivity index (χ2n) is 4.09. The molecule has 2 heterocycles. The van der Waals surface area contributed by atoms with Gasteiger partial charge in [0.25, 0.3) is 11.8 Å². The van der Waals surface area contributed by atoms with Crippen LogP contribution >= 0.6 is 0 Å². The molecular formula is C10H18N4O2. The Morgan fingerprint density at radius 1 is 1.56 bits per heavy atom. The van der Waals surface area contributed by atoms with Gasteiger partial charge in [-0.15, -0.1) is 0 Å². The quantitative estimate of drug-likeness (QED) is 0.708. The molecule has 0 aromatic carbocycles. The van der Waals surface area contributed by atoms with E-state index in [1.54, 1.807) is 11.0 Å². The Labute approximate surface area is 94.2 Å². The third-order valence-corrected chi connectivity index (χ3v) is 3.38. The van der Waals surface area contributed by atoms with Crippen molar-refractivity contribution in [3.63, 3.8) is 0 Å². The molecule has 6 nitrogen and oxygen atoms in total. The molecule has 90 valence electrons. The van der Waals surface area contributed by atoms with Crippen molar-refractivity contribution < 1.29 is 14.1 Å². The standard InChI is InChI=1S/C10H18N4O2/c1-3-10(4-2)8-15-6-5-13(10)14-7-9(11)16-12-14/h7,11H,3-6,8H2,1-2H3. The lowest BCUT2D eigenvalue weighted by Gasteiger charge is -2.46. The van der Waals surface area contributed by atoms with Crippen molar-refractivity contribution in [3.8, 4) is 0 Å². The number of hydrogen-bond donors (Lipinski definition) is 1. The molecule has 0 bridgehead atoms. The summed E-state index contributed by atoms with van der Waals surface area (Å²) in [7, 11) is 0. The highest BCUT2D eigenvalue weighted by Gasteiger charge is 2.36. The highest BCUT2D eigenvalue weighted by molar-refractivity contribution is 5.00. The summed E-state index contributed by atoms with van der Waals surface area (Å²) < 4.78 is 10.4. The number of hydrogen-bond acceptors (Lipinski definition) is 4. The zero-order valence-corrected chi connectivity index (χ0v) is 9.77. The van der Waals surface area contributed by atoms with Crippen molar-refractivity contribution in [2.45, 2.75) is 32.2 Å². The average Bonchev–Trinajstić information content (AvgIpc) is 2.75. The van der Waals surface area contributed by atoms with E-state index in [0.29, 0.717) is 13.2 Å².